The Balaban J connectivity index is 2.02. The Morgan fingerprint density at radius 1 is 1.42 bits per heavy atom. The summed E-state index contributed by atoms with van der Waals surface area (Å²) >= 11 is 0. The standard InChI is InChI=1S/C16H26N2O/c1-3-12(2)10-14(18-17)11-13-8-9-19-16-7-5-4-6-15(13)16/h4-7,12-14,18H,3,8-11,17H2,1-2H3. The fourth-order valence-electron chi connectivity index (χ4n) is 2.89. The maximum absolute atomic E-state index is 5.73. The Hall–Kier alpha value is -1.06. The number of hydrogen-bond donors (Lipinski definition) is 2. The van der Waals surface area contributed by atoms with Gasteiger partial charge < -0.3 is 4.74 Å². The second-order valence-corrected chi connectivity index (χ2v) is 5.72. The van der Waals surface area contributed by atoms with Crippen LogP contribution < -0.4 is 16.0 Å². The van der Waals surface area contributed by atoms with Crippen LogP contribution in [-0.2, 0) is 0 Å². The van der Waals surface area contributed by atoms with Gasteiger partial charge in [-0.3, -0.25) is 11.3 Å². The molecule has 3 nitrogen and oxygen atoms in total. The van der Waals surface area contributed by atoms with Crippen molar-refractivity contribution in [1.29, 1.82) is 0 Å². The van der Waals surface area contributed by atoms with Gasteiger partial charge in [-0.2, -0.15) is 0 Å². The highest BCUT2D eigenvalue weighted by molar-refractivity contribution is 5.37. The summed E-state index contributed by atoms with van der Waals surface area (Å²) in [6, 6.07) is 8.79. The van der Waals surface area contributed by atoms with Crippen molar-refractivity contribution in [3.63, 3.8) is 0 Å². The van der Waals surface area contributed by atoms with Crippen molar-refractivity contribution in [3.05, 3.63) is 29.8 Å². The molecule has 3 unspecified atom stereocenters. The second kappa shape index (κ2) is 6.92. The predicted molar refractivity (Wildman–Crippen MR) is 79.1 cm³/mol. The first-order chi connectivity index (χ1) is 9.24. The molecule has 0 radical (unpaired) electrons. The predicted octanol–water partition coefficient (Wildman–Crippen LogP) is 3.21. The number of nitrogens with one attached hydrogen (secondary N) is 1. The van der Waals surface area contributed by atoms with Crippen molar-refractivity contribution in [2.75, 3.05) is 6.61 Å². The van der Waals surface area contributed by atoms with E-state index in [4.69, 9.17) is 10.6 Å². The third kappa shape index (κ3) is 3.71. The van der Waals surface area contributed by atoms with Crippen molar-refractivity contribution in [2.45, 2.75) is 51.5 Å². The summed E-state index contributed by atoms with van der Waals surface area (Å²) in [5.74, 6) is 8.07. The van der Waals surface area contributed by atoms with Gasteiger partial charge in [0.2, 0.25) is 0 Å². The molecule has 0 saturated heterocycles. The van der Waals surface area contributed by atoms with Gasteiger partial charge in [0, 0.05) is 6.04 Å². The largest absolute Gasteiger partial charge is 0.493 e. The number of fused-ring (bicyclic) bond motifs is 1. The summed E-state index contributed by atoms with van der Waals surface area (Å²) in [7, 11) is 0. The first kappa shape index (κ1) is 14.4. The number of hydrazine groups is 1. The van der Waals surface area contributed by atoms with Crippen LogP contribution in [0.5, 0.6) is 5.75 Å². The van der Waals surface area contributed by atoms with Crippen LogP contribution in [0, 0.1) is 5.92 Å². The first-order valence-corrected chi connectivity index (χ1v) is 7.42. The fraction of sp³-hybridized carbons (Fsp3) is 0.625. The van der Waals surface area contributed by atoms with Crippen molar-refractivity contribution in [2.24, 2.45) is 11.8 Å². The zero-order valence-corrected chi connectivity index (χ0v) is 12.1. The molecule has 1 aromatic rings. The maximum atomic E-state index is 5.73. The zero-order chi connectivity index (χ0) is 13.7. The van der Waals surface area contributed by atoms with E-state index in [9.17, 15) is 0 Å². The van der Waals surface area contributed by atoms with E-state index in [1.165, 1.54) is 12.0 Å². The molecule has 19 heavy (non-hydrogen) atoms. The van der Waals surface area contributed by atoms with Crippen LogP contribution in [0.15, 0.2) is 24.3 Å². The number of ether oxygens (including phenoxy) is 1. The molecule has 0 amide bonds. The van der Waals surface area contributed by atoms with E-state index in [0.29, 0.717) is 12.0 Å². The molecule has 0 fully saturated rings. The molecule has 3 heteroatoms. The average Bonchev–Trinajstić information content (AvgIpc) is 2.46. The van der Waals surface area contributed by atoms with Gasteiger partial charge >= 0.3 is 0 Å². The van der Waals surface area contributed by atoms with Gasteiger partial charge in [-0.05, 0) is 42.7 Å². The topological polar surface area (TPSA) is 47.3 Å². The lowest BCUT2D eigenvalue weighted by atomic mass is 9.85. The van der Waals surface area contributed by atoms with Crippen LogP contribution in [0.25, 0.3) is 0 Å². The van der Waals surface area contributed by atoms with Crippen molar-refractivity contribution in [3.8, 4) is 5.75 Å². The molecule has 1 aromatic carbocycles. The van der Waals surface area contributed by atoms with Crippen molar-refractivity contribution >= 4 is 0 Å². The summed E-state index contributed by atoms with van der Waals surface area (Å²) in [6.07, 6.45) is 4.55. The molecule has 1 heterocycles. The average molecular weight is 262 g/mol. The molecular weight excluding hydrogens is 236 g/mol. The van der Waals surface area contributed by atoms with Crippen LogP contribution in [0.2, 0.25) is 0 Å². The normalized spacial score (nSPS) is 21.3. The molecule has 1 aliphatic heterocycles. The van der Waals surface area contributed by atoms with E-state index in [0.717, 1.165) is 37.5 Å². The van der Waals surface area contributed by atoms with Gasteiger partial charge in [0.15, 0.2) is 0 Å². The minimum Gasteiger partial charge on any atom is -0.493 e. The van der Waals surface area contributed by atoms with E-state index in [1.807, 2.05) is 6.07 Å². The molecular formula is C16H26N2O. The molecule has 0 bridgehead atoms. The van der Waals surface area contributed by atoms with Gasteiger partial charge in [0.05, 0.1) is 6.61 Å². The monoisotopic (exact) mass is 262 g/mol. The number of benzene rings is 1. The van der Waals surface area contributed by atoms with Gasteiger partial charge in [0.25, 0.3) is 0 Å². The van der Waals surface area contributed by atoms with Gasteiger partial charge in [-0.1, -0.05) is 38.5 Å². The third-order valence-electron chi connectivity index (χ3n) is 4.27. The lowest BCUT2D eigenvalue weighted by Gasteiger charge is -2.29. The van der Waals surface area contributed by atoms with Crippen molar-refractivity contribution in [1.82, 2.24) is 5.43 Å². The minimum atomic E-state index is 0.395. The number of rotatable bonds is 6. The lowest BCUT2D eigenvalue weighted by molar-refractivity contribution is 0.249. The van der Waals surface area contributed by atoms with E-state index in [2.05, 4.69) is 37.5 Å². The van der Waals surface area contributed by atoms with E-state index in [1.54, 1.807) is 0 Å². The summed E-state index contributed by atoms with van der Waals surface area (Å²) in [4.78, 5) is 0. The minimum absolute atomic E-state index is 0.395. The van der Waals surface area contributed by atoms with E-state index < -0.39 is 0 Å². The van der Waals surface area contributed by atoms with E-state index >= 15 is 0 Å². The van der Waals surface area contributed by atoms with Crippen LogP contribution in [0.3, 0.4) is 0 Å². The molecule has 2 rings (SSSR count). The Kier molecular flexibility index (Phi) is 5.23. The summed E-state index contributed by atoms with van der Waals surface area (Å²) in [6.45, 7) is 5.35. The highest BCUT2D eigenvalue weighted by atomic mass is 16.5. The van der Waals surface area contributed by atoms with Crippen LogP contribution in [0.4, 0.5) is 0 Å². The maximum Gasteiger partial charge on any atom is 0.122 e. The van der Waals surface area contributed by atoms with Gasteiger partial charge in [0.1, 0.15) is 5.75 Å². The fourth-order valence-corrected chi connectivity index (χ4v) is 2.89. The Morgan fingerprint density at radius 2 is 2.21 bits per heavy atom. The highest BCUT2D eigenvalue weighted by Crippen LogP contribution is 2.36. The Labute approximate surface area is 116 Å². The molecule has 0 aliphatic carbocycles. The molecule has 0 saturated carbocycles. The summed E-state index contributed by atoms with van der Waals surface area (Å²) in [5, 5.41) is 0. The van der Waals surface area contributed by atoms with Crippen molar-refractivity contribution < 1.29 is 4.74 Å². The molecule has 106 valence electrons. The molecule has 0 spiro atoms. The summed E-state index contributed by atoms with van der Waals surface area (Å²) < 4.78 is 5.72. The molecule has 1 aliphatic rings. The SMILES string of the molecule is CCC(C)CC(CC1CCOc2ccccc21)NN. The second-order valence-electron chi connectivity index (χ2n) is 5.72. The zero-order valence-electron chi connectivity index (χ0n) is 12.1. The van der Waals surface area contributed by atoms with Gasteiger partial charge in [-0.25, -0.2) is 0 Å². The quantitative estimate of drug-likeness (QED) is 0.611. The first-order valence-electron chi connectivity index (χ1n) is 7.42. The Bertz CT molecular complexity index is 394. The van der Waals surface area contributed by atoms with Gasteiger partial charge in [-0.15, -0.1) is 0 Å². The lowest BCUT2D eigenvalue weighted by Crippen LogP contribution is -2.38. The van der Waals surface area contributed by atoms with E-state index in [-0.39, 0.29) is 0 Å². The smallest absolute Gasteiger partial charge is 0.122 e. The number of para-hydroxylation sites is 1. The molecule has 3 atom stereocenters. The molecule has 3 N–H and O–H groups in total. The summed E-state index contributed by atoms with van der Waals surface area (Å²) in [5.41, 5.74) is 4.35. The number of hydrogen-bond acceptors (Lipinski definition) is 3. The van der Waals surface area contributed by atoms with Crippen LogP contribution >= 0.6 is 0 Å². The molecule has 0 aromatic heterocycles. The third-order valence-corrected chi connectivity index (χ3v) is 4.27. The highest BCUT2D eigenvalue weighted by Gasteiger charge is 2.24. The Morgan fingerprint density at radius 3 is 2.95 bits per heavy atom. The number of nitrogens with two attached hydrogens (primary N) is 1. The van der Waals surface area contributed by atoms with Crippen LogP contribution in [-0.4, -0.2) is 12.6 Å². The van der Waals surface area contributed by atoms with Crippen LogP contribution in [0.1, 0.15) is 51.0 Å².